The molecule has 0 aliphatic carbocycles. The number of anilines is 1. The van der Waals surface area contributed by atoms with Gasteiger partial charge in [0.1, 0.15) is 5.82 Å². The van der Waals surface area contributed by atoms with Crippen molar-refractivity contribution in [3.8, 4) is 0 Å². The molecule has 8 nitrogen and oxygen atoms in total. The third-order valence-corrected chi connectivity index (χ3v) is 3.94. The second kappa shape index (κ2) is 9.07. The molecule has 29 heavy (non-hydrogen) atoms. The Labute approximate surface area is 169 Å². The van der Waals surface area contributed by atoms with Gasteiger partial charge < -0.3 is 10.1 Å². The number of rotatable bonds is 6. The van der Waals surface area contributed by atoms with Crippen LogP contribution < -0.4 is 5.32 Å². The van der Waals surface area contributed by atoms with Crippen molar-refractivity contribution in [3.63, 3.8) is 0 Å². The first-order chi connectivity index (χ1) is 13.9. The van der Waals surface area contributed by atoms with Gasteiger partial charge in [0.25, 0.3) is 5.91 Å². The van der Waals surface area contributed by atoms with Crippen LogP contribution in [0, 0.1) is 12.7 Å². The van der Waals surface area contributed by atoms with Crippen molar-refractivity contribution in [1.82, 2.24) is 20.2 Å². The van der Waals surface area contributed by atoms with Crippen LogP contribution in [-0.4, -0.2) is 38.7 Å². The van der Waals surface area contributed by atoms with Crippen molar-refractivity contribution in [1.29, 1.82) is 0 Å². The summed E-state index contributed by atoms with van der Waals surface area (Å²) < 4.78 is 20.0. The fraction of sp³-hybridized carbons (Fsp3) is 0.105. The number of benzene rings is 2. The van der Waals surface area contributed by atoms with Crippen LogP contribution >= 0.6 is 11.6 Å². The van der Waals surface area contributed by atoms with Gasteiger partial charge >= 0.3 is 5.97 Å². The lowest BCUT2D eigenvalue weighted by Gasteiger charge is -2.10. The SMILES string of the molecule is Cc1nnnn1/C(=C/c1ccccc1)C(=O)OCC(=O)Nc1ccc(Cl)cc1F. The highest BCUT2D eigenvalue weighted by atomic mass is 35.5. The van der Waals surface area contributed by atoms with Crippen LogP contribution in [-0.2, 0) is 14.3 Å². The number of carbonyl (C=O) groups is 2. The van der Waals surface area contributed by atoms with E-state index in [9.17, 15) is 14.0 Å². The largest absolute Gasteiger partial charge is 0.451 e. The number of hydrogen-bond donors (Lipinski definition) is 1. The van der Waals surface area contributed by atoms with Crippen molar-refractivity contribution in [2.75, 3.05) is 11.9 Å². The number of halogens is 2. The number of esters is 1. The van der Waals surface area contributed by atoms with Crippen LogP contribution in [0.2, 0.25) is 5.02 Å². The summed E-state index contributed by atoms with van der Waals surface area (Å²) in [5.41, 5.74) is 0.651. The van der Waals surface area contributed by atoms with E-state index in [-0.39, 0.29) is 16.4 Å². The van der Waals surface area contributed by atoms with Gasteiger partial charge in [0.05, 0.1) is 5.69 Å². The van der Waals surface area contributed by atoms with Crippen molar-refractivity contribution in [2.45, 2.75) is 6.92 Å². The molecule has 0 fully saturated rings. The average molecular weight is 416 g/mol. The van der Waals surface area contributed by atoms with Crippen LogP contribution in [0.5, 0.6) is 0 Å². The molecule has 0 spiro atoms. The molecule has 3 rings (SSSR count). The van der Waals surface area contributed by atoms with Gasteiger partial charge in [-0.25, -0.2) is 9.18 Å². The Morgan fingerprint density at radius 2 is 2.00 bits per heavy atom. The molecular weight excluding hydrogens is 401 g/mol. The van der Waals surface area contributed by atoms with Crippen molar-refractivity contribution >= 4 is 40.9 Å². The number of amides is 1. The molecule has 1 amide bonds. The number of ether oxygens (including phenoxy) is 1. The van der Waals surface area contributed by atoms with Gasteiger partial charge in [-0.15, -0.1) is 5.10 Å². The second-order valence-electron chi connectivity index (χ2n) is 5.83. The van der Waals surface area contributed by atoms with Gasteiger partial charge in [-0.05, 0) is 47.2 Å². The Kier molecular flexibility index (Phi) is 6.30. The van der Waals surface area contributed by atoms with Gasteiger partial charge in [-0.1, -0.05) is 41.9 Å². The van der Waals surface area contributed by atoms with Crippen LogP contribution in [0.3, 0.4) is 0 Å². The van der Waals surface area contributed by atoms with E-state index in [0.717, 1.165) is 6.07 Å². The first-order valence-corrected chi connectivity index (χ1v) is 8.76. The fourth-order valence-corrected chi connectivity index (χ4v) is 2.51. The van der Waals surface area contributed by atoms with Crippen molar-refractivity contribution < 1.29 is 18.7 Å². The minimum Gasteiger partial charge on any atom is -0.451 e. The molecular formula is C19H15ClFN5O3. The van der Waals surface area contributed by atoms with Gasteiger partial charge in [0.15, 0.2) is 18.1 Å². The number of aryl methyl sites for hydroxylation is 1. The fourth-order valence-electron chi connectivity index (χ4n) is 2.35. The van der Waals surface area contributed by atoms with E-state index in [2.05, 4.69) is 20.8 Å². The number of nitrogens with one attached hydrogen (secondary N) is 1. The first-order valence-electron chi connectivity index (χ1n) is 8.38. The normalized spacial score (nSPS) is 11.2. The minimum absolute atomic E-state index is 0.0178. The lowest BCUT2D eigenvalue weighted by atomic mass is 10.2. The van der Waals surface area contributed by atoms with Crippen LogP contribution in [0.1, 0.15) is 11.4 Å². The number of hydrogen-bond acceptors (Lipinski definition) is 6. The Morgan fingerprint density at radius 1 is 1.24 bits per heavy atom. The van der Waals surface area contributed by atoms with Crippen LogP contribution in [0.4, 0.5) is 10.1 Å². The molecule has 0 unspecified atom stereocenters. The minimum atomic E-state index is -0.823. The molecule has 0 aliphatic heterocycles. The average Bonchev–Trinajstić information content (AvgIpc) is 3.13. The number of carbonyl (C=O) groups excluding carboxylic acids is 2. The molecule has 3 aromatic rings. The highest BCUT2D eigenvalue weighted by Crippen LogP contribution is 2.19. The van der Waals surface area contributed by atoms with Gasteiger partial charge in [0, 0.05) is 5.02 Å². The molecule has 148 valence electrons. The van der Waals surface area contributed by atoms with E-state index in [4.69, 9.17) is 16.3 Å². The Balaban J connectivity index is 1.73. The number of aromatic nitrogens is 4. The quantitative estimate of drug-likeness (QED) is 0.491. The zero-order valence-electron chi connectivity index (χ0n) is 15.2. The predicted octanol–water partition coefficient (Wildman–Crippen LogP) is 2.95. The predicted molar refractivity (Wildman–Crippen MR) is 104 cm³/mol. The Morgan fingerprint density at radius 3 is 2.66 bits per heavy atom. The molecule has 10 heteroatoms. The molecule has 1 N–H and O–H groups in total. The van der Waals surface area contributed by atoms with Gasteiger partial charge in [0.2, 0.25) is 0 Å². The molecule has 0 radical (unpaired) electrons. The standard InChI is InChI=1S/C19H15ClFN5O3/c1-12-23-24-25-26(12)17(9-13-5-3-2-4-6-13)19(28)29-11-18(27)22-16-8-7-14(20)10-15(16)21/h2-10H,11H2,1H3,(H,22,27)/b17-9+. The van der Waals surface area contributed by atoms with Gasteiger partial charge in [-0.2, -0.15) is 4.68 Å². The van der Waals surface area contributed by atoms with Crippen molar-refractivity contribution in [3.05, 3.63) is 70.8 Å². The van der Waals surface area contributed by atoms with E-state index in [1.165, 1.54) is 22.9 Å². The highest BCUT2D eigenvalue weighted by Gasteiger charge is 2.19. The zero-order chi connectivity index (χ0) is 20.8. The maximum atomic E-state index is 13.8. The third-order valence-electron chi connectivity index (χ3n) is 3.71. The summed E-state index contributed by atoms with van der Waals surface area (Å²) in [5.74, 6) is -1.88. The zero-order valence-corrected chi connectivity index (χ0v) is 15.9. The molecule has 0 aliphatic rings. The summed E-state index contributed by atoms with van der Waals surface area (Å²) in [6, 6.07) is 12.8. The summed E-state index contributed by atoms with van der Waals surface area (Å²) in [6.45, 7) is 0.982. The van der Waals surface area contributed by atoms with Gasteiger partial charge in [-0.3, -0.25) is 4.79 Å². The lowest BCUT2D eigenvalue weighted by Crippen LogP contribution is -2.23. The summed E-state index contributed by atoms with van der Waals surface area (Å²) in [7, 11) is 0. The second-order valence-corrected chi connectivity index (χ2v) is 6.26. The summed E-state index contributed by atoms with van der Waals surface area (Å²) in [4.78, 5) is 24.6. The molecule has 0 saturated carbocycles. The van der Waals surface area contributed by atoms with E-state index >= 15 is 0 Å². The van der Waals surface area contributed by atoms with E-state index < -0.39 is 24.3 Å². The maximum Gasteiger partial charge on any atom is 0.357 e. The molecule has 1 heterocycles. The number of tetrazole rings is 1. The molecule has 0 atom stereocenters. The maximum absolute atomic E-state index is 13.8. The van der Waals surface area contributed by atoms with E-state index in [0.29, 0.717) is 11.4 Å². The summed E-state index contributed by atoms with van der Waals surface area (Å²) in [6.07, 6.45) is 1.53. The van der Waals surface area contributed by atoms with E-state index in [1.54, 1.807) is 31.2 Å². The summed E-state index contributed by atoms with van der Waals surface area (Å²) in [5, 5.41) is 13.5. The number of nitrogens with zero attached hydrogens (tertiary/aromatic N) is 4. The monoisotopic (exact) mass is 415 g/mol. The molecule has 0 bridgehead atoms. The Bertz CT molecular complexity index is 1070. The van der Waals surface area contributed by atoms with E-state index in [1.807, 2.05) is 6.07 Å². The Hall–Kier alpha value is -3.59. The smallest absolute Gasteiger partial charge is 0.357 e. The van der Waals surface area contributed by atoms with Crippen molar-refractivity contribution in [2.24, 2.45) is 0 Å². The summed E-state index contributed by atoms with van der Waals surface area (Å²) >= 11 is 5.67. The molecule has 1 aromatic heterocycles. The molecule has 0 saturated heterocycles. The van der Waals surface area contributed by atoms with Crippen LogP contribution in [0.25, 0.3) is 11.8 Å². The lowest BCUT2D eigenvalue weighted by molar-refractivity contribution is -0.141. The third kappa shape index (κ3) is 5.23. The van der Waals surface area contributed by atoms with Crippen LogP contribution in [0.15, 0.2) is 48.5 Å². The first kappa shape index (κ1) is 20.2. The highest BCUT2D eigenvalue weighted by molar-refractivity contribution is 6.30. The topological polar surface area (TPSA) is 99.0 Å². The molecule has 2 aromatic carbocycles.